The maximum Gasteiger partial charge on any atom is 0.337 e. The smallest absolute Gasteiger partial charge is 0.337 e. The van der Waals surface area contributed by atoms with E-state index in [2.05, 4.69) is 4.98 Å². The van der Waals surface area contributed by atoms with Gasteiger partial charge in [-0.2, -0.15) is 0 Å². The van der Waals surface area contributed by atoms with E-state index in [-0.39, 0.29) is 24.0 Å². The second kappa shape index (κ2) is 9.30. The highest BCUT2D eigenvalue weighted by Gasteiger charge is 2.46. The number of carbonyl (C=O) groups excluding carboxylic acids is 3. The maximum absolute atomic E-state index is 13.3. The van der Waals surface area contributed by atoms with Crippen LogP contribution in [-0.2, 0) is 27.3 Å². The van der Waals surface area contributed by atoms with Crippen LogP contribution in [0.3, 0.4) is 0 Å². The number of nitrogens with zero attached hydrogens (tertiary/aromatic N) is 2. The van der Waals surface area contributed by atoms with Crippen LogP contribution in [-0.4, -0.2) is 45.9 Å². The zero-order valence-corrected chi connectivity index (χ0v) is 19.8. The van der Waals surface area contributed by atoms with Gasteiger partial charge in [0, 0.05) is 30.9 Å². The van der Waals surface area contributed by atoms with Crippen molar-refractivity contribution >= 4 is 23.4 Å². The molecule has 0 saturated carbocycles. The number of fused-ring (bicyclic) bond motifs is 1. The number of ether oxygens (including phenoxy) is 2. The zero-order chi connectivity index (χ0) is 25.4. The molecule has 0 spiro atoms. The van der Waals surface area contributed by atoms with Crippen molar-refractivity contribution in [3.05, 3.63) is 100 Å². The van der Waals surface area contributed by atoms with Crippen molar-refractivity contribution in [1.82, 2.24) is 9.88 Å². The van der Waals surface area contributed by atoms with E-state index >= 15 is 0 Å². The SMILES string of the molecule is COC(=O)c1ccc([C@H]2/C(=C(\O)c3ccc4c(c3)C[C@H](C)O4)C(=O)C(=O)N2Cc2cccnc2)cc1. The van der Waals surface area contributed by atoms with Crippen molar-refractivity contribution in [2.24, 2.45) is 0 Å². The summed E-state index contributed by atoms with van der Waals surface area (Å²) in [6, 6.07) is 14.4. The van der Waals surface area contributed by atoms with Gasteiger partial charge in [-0.15, -0.1) is 0 Å². The Balaban J connectivity index is 1.62. The van der Waals surface area contributed by atoms with Crippen LogP contribution in [0.25, 0.3) is 5.76 Å². The van der Waals surface area contributed by atoms with Gasteiger partial charge in [-0.05, 0) is 60.0 Å². The quantitative estimate of drug-likeness (QED) is 0.254. The summed E-state index contributed by atoms with van der Waals surface area (Å²) in [5, 5.41) is 11.4. The topological polar surface area (TPSA) is 106 Å². The van der Waals surface area contributed by atoms with Gasteiger partial charge in [0.2, 0.25) is 0 Å². The number of pyridine rings is 1. The third-order valence-electron chi connectivity index (χ3n) is 6.43. The summed E-state index contributed by atoms with van der Waals surface area (Å²) < 4.78 is 10.5. The van der Waals surface area contributed by atoms with E-state index in [9.17, 15) is 19.5 Å². The van der Waals surface area contributed by atoms with Gasteiger partial charge in [-0.25, -0.2) is 4.79 Å². The van der Waals surface area contributed by atoms with Gasteiger partial charge in [0.15, 0.2) is 0 Å². The van der Waals surface area contributed by atoms with E-state index in [1.807, 2.05) is 13.0 Å². The van der Waals surface area contributed by atoms with Crippen LogP contribution in [0.2, 0.25) is 0 Å². The standard InChI is InChI=1S/C28H24N2O6/c1-16-12-21-13-20(9-10-22(21)36-16)25(31)23-24(18-5-7-19(8-6-18)28(34)35-2)30(27(33)26(23)32)15-17-4-3-11-29-14-17/h3-11,13-14,16,24,31H,12,15H2,1-2H3/b25-23+/t16-,24-/m0/s1. The minimum atomic E-state index is -0.861. The first-order valence-corrected chi connectivity index (χ1v) is 11.5. The minimum absolute atomic E-state index is 0.0124. The predicted octanol–water partition coefficient (Wildman–Crippen LogP) is 3.81. The Hall–Kier alpha value is -4.46. The molecule has 2 aromatic carbocycles. The molecule has 36 heavy (non-hydrogen) atoms. The molecule has 8 nitrogen and oxygen atoms in total. The van der Waals surface area contributed by atoms with Gasteiger partial charge in [0.05, 0.1) is 24.3 Å². The fraction of sp³-hybridized carbons (Fsp3) is 0.214. The normalized spacial score (nSPS) is 20.2. The van der Waals surface area contributed by atoms with Crippen LogP contribution in [0.4, 0.5) is 0 Å². The van der Waals surface area contributed by atoms with E-state index in [4.69, 9.17) is 9.47 Å². The van der Waals surface area contributed by atoms with Crippen molar-refractivity contribution in [3.8, 4) is 5.75 Å². The van der Waals surface area contributed by atoms with Crippen LogP contribution < -0.4 is 4.74 Å². The average molecular weight is 485 g/mol. The molecule has 0 radical (unpaired) electrons. The number of ketones is 1. The first-order chi connectivity index (χ1) is 17.4. The lowest BCUT2D eigenvalue weighted by molar-refractivity contribution is -0.140. The number of carbonyl (C=O) groups is 3. The fourth-order valence-corrected chi connectivity index (χ4v) is 4.72. The molecule has 1 saturated heterocycles. The Bertz CT molecular complexity index is 1380. The van der Waals surface area contributed by atoms with Gasteiger partial charge in [-0.1, -0.05) is 18.2 Å². The lowest BCUT2D eigenvalue weighted by atomic mass is 9.94. The molecular formula is C28H24N2O6. The number of esters is 1. The van der Waals surface area contributed by atoms with E-state index in [1.54, 1.807) is 60.9 Å². The highest BCUT2D eigenvalue weighted by molar-refractivity contribution is 6.46. The minimum Gasteiger partial charge on any atom is -0.507 e. The molecule has 0 bridgehead atoms. The second-order valence-electron chi connectivity index (χ2n) is 8.86. The Kier molecular flexibility index (Phi) is 6.01. The number of aliphatic hydroxyl groups excluding tert-OH is 1. The molecule has 8 heteroatoms. The number of rotatable bonds is 5. The lowest BCUT2D eigenvalue weighted by Gasteiger charge is -2.25. The largest absolute Gasteiger partial charge is 0.507 e. The van der Waals surface area contributed by atoms with Crippen molar-refractivity contribution in [2.75, 3.05) is 7.11 Å². The van der Waals surface area contributed by atoms with E-state index in [0.29, 0.717) is 23.1 Å². The lowest BCUT2D eigenvalue weighted by Crippen LogP contribution is -2.29. The summed E-state index contributed by atoms with van der Waals surface area (Å²) in [5.74, 6) is -1.51. The molecule has 1 aromatic heterocycles. The number of benzene rings is 2. The second-order valence-corrected chi connectivity index (χ2v) is 8.86. The van der Waals surface area contributed by atoms with Crippen LogP contribution in [0.1, 0.15) is 45.6 Å². The summed E-state index contributed by atoms with van der Waals surface area (Å²) in [7, 11) is 1.29. The molecule has 1 N–H and O–H groups in total. The molecule has 0 aliphatic carbocycles. The molecule has 2 aliphatic rings. The van der Waals surface area contributed by atoms with Gasteiger partial charge in [-0.3, -0.25) is 14.6 Å². The summed E-state index contributed by atoms with van der Waals surface area (Å²) in [6.45, 7) is 2.08. The van der Waals surface area contributed by atoms with Crippen molar-refractivity contribution < 1.29 is 29.0 Å². The third-order valence-corrected chi connectivity index (χ3v) is 6.43. The van der Waals surface area contributed by atoms with Gasteiger partial charge < -0.3 is 19.5 Å². The van der Waals surface area contributed by atoms with Crippen LogP contribution >= 0.6 is 0 Å². The number of aliphatic hydroxyl groups is 1. The predicted molar refractivity (Wildman–Crippen MR) is 130 cm³/mol. The monoisotopic (exact) mass is 484 g/mol. The number of hydrogen-bond donors (Lipinski definition) is 1. The maximum atomic E-state index is 13.3. The Morgan fingerprint density at radius 3 is 2.58 bits per heavy atom. The molecule has 3 heterocycles. The van der Waals surface area contributed by atoms with Crippen LogP contribution in [0.15, 0.2) is 72.6 Å². The van der Waals surface area contributed by atoms with Crippen molar-refractivity contribution in [3.63, 3.8) is 0 Å². The van der Waals surface area contributed by atoms with Gasteiger partial charge in [0.1, 0.15) is 17.6 Å². The molecule has 1 amide bonds. The molecule has 2 atom stereocenters. The molecular weight excluding hydrogens is 460 g/mol. The van der Waals surface area contributed by atoms with Gasteiger partial charge >= 0.3 is 5.97 Å². The first-order valence-electron chi connectivity index (χ1n) is 11.5. The number of Topliss-reactive ketones (excluding diaryl/α,β-unsaturated/α-hetero) is 1. The number of likely N-dealkylation sites (tertiary alicyclic amines) is 1. The Morgan fingerprint density at radius 1 is 1.14 bits per heavy atom. The fourth-order valence-electron chi connectivity index (χ4n) is 4.72. The number of hydrogen-bond acceptors (Lipinski definition) is 7. The summed E-state index contributed by atoms with van der Waals surface area (Å²) >= 11 is 0. The zero-order valence-electron chi connectivity index (χ0n) is 19.8. The Labute approximate surface area is 207 Å². The third kappa shape index (κ3) is 4.11. The molecule has 5 rings (SSSR count). The highest BCUT2D eigenvalue weighted by Crippen LogP contribution is 2.41. The van der Waals surface area contributed by atoms with Gasteiger partial charge in [0.25, 0.3) is 11.7 Å². The Morgan fingerprint density at radius 2 is 1.89 bits per heavy atom. The van der Waals surface area contributed by atoms with Crippen molar-refractivity contribution in [2.45, 2.75) is 32.0 Å². The summed E-state index contributed by atoms with van der Waals surface area (Å²) in [4.78, 5) is 43.9. The summed E-state index contributed by atoms with van der Waals surface area (Å²) in [5.41, 5.74) is 2.99. The number of amides is 1. The van der Waals surface area contributed by atoms with E-state index < -0.39 is 23.7 Å². The van der Waals surface area contributed by atoms with Crippen LogP contribution in [0, 0.1) is 0 Å². The van der Waals surface area contributed by atoms with E-state index in [0.717, 1.165) is 16.9 Å². The number of aromatic nitrogens is 1. The highest BCUT2D eigenvalue weighted by atomic mass is 16.5. The molecule has 2 aliphatic heterocycles. The molecule has 3 aromatic rings. The molecule has 182 valence electrons. The average Bonchev–Trinajstić information content (AvgIpc) is 3.39. The summed E-state index contributed by atoms with van der Waals surface area (Å²) in [6.07, 6.45) is 3.96. The molecule has 0 unspecified atom stereocenters. The number of methoxy groups -OCH3 is 1. The van der Waals surface area contributed by atoms with E-state index in [1.165, 1.54) is 12.0 Å². The molecule has 1 fully saturated rings. The van der Waals surface area contributed by atoms with Crippen molar-refractivity contribution in [1.29, 1.82) is 0 Å². The first kappa shape index (κ1) is 23.3. The van der Waals surface area contributed by atoms with Crippen LogP contribution in [0.5, 0.6) is 5.75 Å².